The summed E-state index contributed by atoms with van der Waals surface area (Å²) in [5.41, 5.74) is 3.96. The summed E-state index contributed by atoms with van der Waals surface area (Å²) in [7, 11) is 1.43. The van der Waals surface area contributed by atoms with Gasteiger partial charge in [0.05, 0.1) is 25.2 Å². The smallest absolute Gasteiger partial charge is 0.311 e. The molecule has 5 rings (SSSR count). The van der Waals surface area contributed by atoms with Crippen LogP contribution in [-0.4, -0.2) is 47.3 Å². The number of aromatic nitrogens is 1. The summed E-state index contributed by atoms with van der Waals surface area (Å²) < 4.78 is 5.04. The quantitative estimate of drug-likeness (QED) is 0.773. The van der Waals surface area contributed by atoms with Gasteiger partial charge in [-0.1, -0.05) is 18.2 Å². The number of rotatable bonds is 1. The van der Waals surface area contributed by atoms with Crippen molar-refractivity contribution >= 4 is 16.9 Å². The number of hydrogen-bond donors (Lipinski definition) is 2. The molecular weight excluding hydrogens is 328 g/mol. The van der Waals surface area contributed by atoms with Gasteiger partial charge in [0.25, 0.3) is 0 Å². The minimum atomic E-state index is -0.568. The van der Waals surface area contributed by atoms with Gasteiger partial charge in [-0.05, 0) is 49.1 Å². The number of piperidine rings is 1. The normalized spacial score (nSPS) is 34.0. The lowest BCUT2D eigenvalue weighted by atomic mass is 9.65. The minimum absolute atomic E-state index is 0.199. The molecule has 0 bridgehead atoms. The number of H-pyrrole nitrogens is 1. The van der Waals surface area contributed by atoms with Crippen LogP contribution in [0.2, 0.25) is 0 Å². The van der Waals surface area contributed by atoms with Crippen molar-refractivity contribution in [3.63, 3.8) is 0 Å². The number of benzene rings is 1. The Bertz CT molecular complexity index is 845. The van der Waals surface area contributed by atoms with Crippen LogP contribution in [0.3, 0.4) is 0 Å². The number of nitrogens with zero attached hydrogens (tertiary/aromatic N) is 1. The third-order valence-corrected chi connectivity index (χ3v) is 7.02. The Morgan fingerprint density at radius 1 is 1.31 bits per heavy atom. The molecule has 1 unspecified atom stereocenters. The standard InChI is InChI=1S/C21H26N2O3/c1-26-21(25)19-15-10-17-20-14(13-4-2-3-5-16(13)22-20)8-9-23(17)11-12(15)6-7-18(19)24/h2-5,12,15,17-19,22,24H,6-11H2,1H3/t12-,15-,17?,18-,19+/m0/s1. The van der Waals surface area contributed by atoms with Crippen LogP contribution >= 0.6 is 0 Å². The number of esters is 1. The van der Waals surface area contributed by atoms with Gasteiger partial charge < -0.3 is 14.8 Å². The van der Waals surface area contributed by atoms with Crippen molar-refractivity contribution in [1.82, 2.24) is 9.88 Å². The zero-order chi connectivity index (χ0) is 17.8. The van der Waals surface area contributed by atoms with Gasteiger partial charge in [0, 0.05) is 29.7 Å². The van der Waals surface area contributed by atoms with Gasteiger partial charge in [-0.3, -0.25) is 9.69 Å². The van der Waals surface area contributed by atoms with E-state index in [2.05, 4.69) is 34.1 Å². The summed E-state index contributed by atoms with van der Waals surface area (Å²) >= 11 is 0. The molecule has 2 N–H and O–H groups in total. The topological polar surface area (TPSA) is 65.6 Å². The van der Waals surface area contributed by atoms with Crippen LogP contribution in [0.25, 0.3) is 10.9 Å². The number of ether oxygens (including phenoxy) is 1. The van der Waals surface area contributed by atoms with Gasteiger partial charge >= 0.3 is 5.97 Å². The first kappa shape index (κ1) is 16.3. The van der Waals surface area contributed by atoms with Crippen molar-refractivity contribution in [2.45, 2.75) is 37.8 Å². The maximum atomic E-state index is 12.4. The Labute approximate surface area is 153 Å². The molecule has 2 aromatic rings. The molecule has 1 aromatic heterocycles. The monoisotopic (exact) mass is 354 g/mol. The number of para-hydroxylation sites is 1. The Balaban J connectivity index is 1.52. The SMILES string of the molecule is COC(=O)[C@@H]1[C@H]2CC3c4[nH]c5ccccc5c4CCN3C[C@@H]2CC[C@@H]1O. The summed E-state index contributed by atoms with van der Waals surface area (Å²) in [4.78, 5) is 18.6. The van der Waals surface area contributed by atoms with Gasteiger partial charge in [-0.15, -0.1) is 0 Å². The van der Waals surface area contributed by atoms with Crippen molar-refractivity contribution in [2.24, 2.45) is 17.8 Å². The molecule has 3 heterocycles. The number of nitrogens with one attached hydrogen (secondary N) is 1. The van der Waals surface area contributed by atoms with Crippen LogP contribution in [0.4, 0.5) is 0 Å². The lowest BCUT2D eigenvalue weighted by Gasteiger charge is -2.50. The van der Waals surface area contributed by atoms with E-state index in [4.69, 9.17) is 4.74 Å². The number of methoxy groups -OCH3 is 1. The largest absolute Gasteiger partial charge is 0.469 e. The fourth-order valence-electron chi connectivity index (χ4n) is 5.80. The lowest BCUT2D eigenvalue weighted by Crippen LogP contribution is -2.53. The van der Waals surface area contributed by atoms with E-state index in [-0.39, 0.29) is 17.8 Å². The summed E-state index contributed by atoms with van der Waals surface area (Å²) in [6.07, 6.45) is 3.14. The van der Waals surface area contributed by atoms with Crippen LogP contribution in [-0.2, 0) is 16.0 Å². The van der Waals surface area contributed by atoms with Crippen molar-refractivity contribution in [3.8, 4) is 0 Å². The predicted octanol–water partition coefficient (Wildman–Crippen LogP) is 2.65. The maximum Gasteiger partial charge on any atom is 0.311 e. The first-order chi connectivity index (χ1) is 12.7. The van der Waals surface area contributed by atoms with Crippen LogP contribution in [0.15, 0.2) is 24.3 Å². The molecule has 1 aromatic carbocycles. The molecule has 5 nitrogen and oxygen atoms in total. The van der Waals surface area contributed by atoms with E-state index in [9.17, 15) is 9.90 Å². The molecule has 1 saturated carbocycles. The molecule has 0 radical (unpaired) electrons. The van der Waals surface area contributed by atoms with Crippen LogP contribution < -0.4 is 0 Å². The second-order valence-electron chi connectivity index (χ2n) is 8.18. The van der Waals surface area contributed by atoms with Crippen LogP contribution in [0.5, 0.6) is 0 Å². The highest BCUT2D eigenvalue weighted by Crippen LogP contribution is 2.49. The van der Waals surface area contributed by atoms with Crippen molar-refractivity contribution < 1.29 is 14.6 Å². The third kappa shape index (κ3) is 2.33. The molecule has 138 valence electrons. The average molecular weight is 354 g/mol. The van der Waals surface area contributed by atoms with Crippen molar-refractivity contribution in [2.75, 3.05) is 20.2 Å². The molecule has 2 aliphatic heterocycles. The Kier molecular flexibility index (Phi) is 3.83. The third-order valence-electron chi connectivity index (χ3n) is 7.02. The van der Waals surface area contributed by atoms with Crippen molar-refractivity contribution in [1.29, 1.82) is 0 Å². The van der Waals surface area contributed by atoms with E-state index >= 15 is 0 Å². The molecule has 5 heteroatoms. The number of fused-ring (bicyclic) bond motifs is 6. The molecule has 0 spiro atoms. The van der Waals surface area contributed by atoms with E-state index in [1.807, 2.05) is 0 Å². The summed E-state index contributed by atoms with van der Waals surface area (Å²) in [5, 5.41) is 11.8. The van der Waals surface area contributed by atoms with Crippen LogP contribution in [0, 0.1) is 17.8 Å². The fraction of sp³-hybridized carbons (Fsp3) is 0.571. The Hall–Kier alpha value is -1.85. The zero-order valence-electron chi connectivity index (χ0n) is 15.1. The molecule has 1 aliphatic carbocycles. The number of aliphatic hydroxyl groups excluding tert-OH is 1. The lowest BCUT2D eigenvalue weighted by molar-refractivity contribution is -0.160. The second kappa shape index (κ2) is 6.10. The summed E-state index contributed by atoms with van der Waals surface area (Å²) in [6, 6.07) is 8.83. The molecule has 5 atom stereocenters. The average Bonchev–Trinajstić information content (AvgIpc) is 3.05. The van der Waals surface area contributed by atoms with Crippen molar-refractivity contribution in [3.05, 3.63) is 35.5 Å². The predicted molar refractivity (Wildman–Crippen MR) is 98.7 cm³/mol. The fourth-order valence-corrected chi connectivity index (χ4v) is 5.80. The molecule has 3 aliphatic rings. The number of carbonyl (C=O) groups is 1. The van der Waals surface area contributed by atoms with E-state index in [1.165, 1.54) is 29.3 Å². The highest BCUT2D eigenvalue weighted by molar-refractivity contribution is 5.85. The van der Waals surface area contributed by atoms with Gasteiger partial charge in [-0.25, -0.2) is 0 Å². The Morgan fingerprint density at radius 3 is 3.00 bits per heavy atom. The maximum absolute atomic E-state index is 12.4. The number of hydrogen-bond acceptors (Lipinski definition) is 4. The molecule has 0 amide bonds. The zero-order valence-corrected chi connectivity index (χ0v) is 15.1. The Morgan fingerprint density at radius 2 is 2.15 bits per heavy atom. The number of aromatic amines is 1. The second-order valence-corrected chi connectivity index (χ2v) is 8.18. The molecule has 1 saturated heterocycles. The number of carbonyl (C=O) groups excluding carboxylic acids is 1. The van der Waals surface area contributed by atoms with Crippen LogP contribution in [0.1, 0.15) is 36.6 Å². The molecular formula is C21H26N2O3. The van der Waals surface area contributed by atoms with E-state index < -0.39 is 6.10 Å². The van der Waals surface area contributed by atoms with E-state index in [0.717, 1.165) is 32.4 Å². The van der Waals surface area contributed by atoms with Gasteiger partial charge in [-0.2, -0.15) is 0 Å². The van der Waals surface area contributed by atoms with E-state index in [0.29, 0.717) is 18.4 Å². The minimum Gasteiger partial charge on any atom is -0.469 e. The molecule has 26 heavy (non-hydrogen) atoms. The number of aliphatic hydroxyl groups is 1. The first-order valence-corrected chi connectivity index (χ1v) is 9.76. The summed E-state index contributed by atoms with van der Waals surface area (Å²) in [6.45, 7) is 2.10. The highest BCUT2D eigenvalue weighted by atomic mass is 16.5. The van der Waals surface area contributed by atoms with Gasteiger partial charge in [0.15, 0.2) is 0 Å². The molecule has 2 fully saturated rings. The van der Waals surface area contributed by atoms with E-state index in [1.54, 1.807) is 0 Å². The summed E-state index contributed by atoms with van der Waals surface area (Å²) in [5.74, 6) is 0.0541. The van der Waals surface area contributed by atoms with Gasteiger partial charge in [0.2, 0.25) is 0 Å². The highest BCUT2D eigenvalue weighted by Gasteiger charge is 2.49. The first-order valence-electron chi connectivity index (χ1n) is 9.76. The van der Waals surface area contributed by atoms with Gasteiger partial charge in [0.1, 0.15) is 0 Å².